The number of carbonyl (C=O) groups is 1. The number of fused-ring (bicyclic) bond motifs is 1. The molecule has 4 rings (SSSR count). The largest absolute Gasteiger partial charge is 0.331 e. The minimum Gasteiger partial charge on any atom is -0.331 e. The number of para-hydroxylation sites is 2. The van der Waals surface area contributed by atoms with Crippen molar-refractivity contribution < 1.29 is 4.79 Å². The van der Waals surface area contributed by atoms with Crippen LogP contribution in [0.25, 0.3) is 11.0 Å². The molecule has 0 aliphatic heterocycles. The molecule has 1 aliphatic rings. The topological polar surface area (TPSA) is 46.9 Å². The molecule has 4 nitrogen and oxygen atoms in total. The Hall–Kier alpha value is -2.62. The molecule has 1 N–H and O–H groups in total. The Morgan fingerprint density at radius 1 is 1.07 bits per heavy atom. The Bertz CT molecular complexity index is 938. The summed E-state index contributed by atoms with van der Waals surface area (Å²) in [6.45, 7) is 0. The van der Waals surface area contributed by atoms with Gasteiger partial charge in [0.05, 0.1) is 11.0 Å². The second-order valence-corrected chi connectivity index (χ2v) is 7.60. The molecule has 1 amide bonds. The first-order valence-electron chi connectivity index (χ1n) is 10.0. The number of amides is 1. The number of carbonyl (C=O) groups excluding carboxylic acids is 1. The molecular formula is C23H27N3O. The quantitative estimate of drug-likeness (QED) is 0.704. The molecule has 2 aromatic carbocycles. The summed E-state index contributed by atoms with van der Waals surface area (Å²) in [6.07, 6.45) is 7.46. The van der Waals surface area contributed by atoms with Gasteiger partial charge >= 0.3 is 0 Å². The van der Waals surface area contributed by atoms with Gasteiger partial charge in [-0.25, -0.2) is 4.98 Å². The molecule has 140 valence electrons. The van der Waals surface area contributed by atoms with Crippen molar-refractivity contribution in [3.8, 4) is 0 Å². The van der Waals surface area contributed by atoms with Gasteiger partial charge < -0.3 is 9.88 Å². The SMILES string of the molecule is Cn1c(CCc2cccc(NC(=O)C3CCCCC3)c2)nc2ccccc21. The number of hydrogen-bond donors (Lipinski definition) is 1. The van der Waals surface area contributed by atoms with Crippen LogP contribution in [0.5, 0.6) is 0 Å². The van der Waals surface area contributed by atoms with E-state index in [0.717, 1.165) is 42.7 Å². The van der Waals surface area contributed by atoms with Crippen molar-refractivity contribution in [3.63, 3.8) is 0 Å². The van der Waals surface area contributed by atoms with Crippen molar-refractivity contribution in [2.45, 2.75) is 44.9 Å². The van der Waals surface area contributed by atoms with Crippen molar-refractivity contribution >= 4 is 22.6 Å². The molecule has 1 aromatic heterocycles. The standard InChI is InChI=1S/C23H27N3O/c1-26-21-13-6-5-12-20(21)25-22(26)15-14-17-8-7-11-19(16-17)24-23(27)18-9-3-2-4-10-18/h5-8,11-13,16,18H,2-4,9-10,14-15H2,1H3,(H,24,27). The number of aryl methyl sites for hydroxylation is 3. The Morgan fingerprint density at radius 3 is 2.70 bits per heavy atom. The predicted molar refractivity (Wildman–Crippen MR) is 110 cm³/mol. The lowest BCUT2D eigenvalue weighted by atomic mass is 9.88. The highest BCUT2D eigenvalue weighted by atomic mass is 16.1. The zero-order chi connectivity index (χ0) is 18.6. The number of benzene rings is 2. The second kappa shape index (κ2) is 7.95. The number of nitrogens with one attached hydrogen (secondary N) is 1. The molecular weight excluding hydrogens is 334 g/mol. The zero-order valence-electron chi connectivity index (χ0n) is 15.9. The van der Waals surface area contributed by atoms with E-state index in [1.807, 2.05) is 24.3 Å². The Balaban J connectivity index is 1.41. The molecule has 1 heterocycles. The molecule has 27 heavy (non-hydrogen) atoms. The van der Waals surface area contributed by atoms with Gasteiger partial charge in [0.15, 0.2) is 0 Å². The number of imidazole rings is 1. The number of nitrogens with zero attached hydrogens (tertiary/aromatic N) is 2. The van der Waals surface area contributed by atoms with Crippen LogP contribution < -0.4 is 5.32 Å². The van der Waals surface area contributed by atoms with Gasteiger partial charge in [0, 0.05) is 25.1 Å². The van der Waals surface area contributed by atoms with Crippen molar-refractivity contribution in [3.05, 3.63) is 59.9 Å². The van der Waals surface area contributed by atoms with Gasteiger partial charge in [0.25, 0.3) is 0 Å². The minimum atomic E-state index is 0.183. The summed E-state index contributed by atoms with van der Waals surface area (Å²) in [5, 5.41) is 3.12. The normalized spacial score (nSPS) is 15.1. The average Bonchev–Trinajstić information content (AvgIpc) is 3.03. The van der Waals surface area contributed by atoms with E-state index >= 15 is 0 Å². The first-order valence-corrected chi connectivity index (χ1v) is 10.0. The van der Waals surface area contributed by atoms with Crippen LogP contribution in [-0.4, -0.2) is 15.5 Å². The lowest BCUT2D eigenvalue weighted by molar-refractivity contribution is -0.120. The summed E-state index contributed by atoms with van der Waals surface area (Å²) < 4.78 is 2.17. The maximum absolute atomic E-state index is 12.5. The third kappa shape index (κ3) is 4.05. The summed E-state index contributed by atoms with van der Waals surface area (Å²) in [5.41, 5.74) is 4.35. The fourth-order valence-corrected chi connectivity index (χ4v) is 4.09. The lowest BCUT2D eigenvalue weighted by Crippen LogP contribution is -2.24. The van der Waals surface area contributed by atoms with Crippen LogP contribution in [0.15, 0.2) is 48.5 Å². The van der Waals surface area contributed by atoms with Gasteiger partial charge in [-0.15, -0.1) is 0 Å². The Labute approximate surface area is 160 Å². The molecule has 0 atom stereocenters. The van der Waals surface area contributed by atoms with E-state index in [4.69, 9.17) is 4.98 Å². The van der Waals surface area contributed by atoms with Gasteiger partial charge in [-0.3, -0.25) is 4.79 Å². The number of aromatic nitrogens is 2. The summed E-state index contributed by atoms with van der Waals surface area (Å²) in [7, 11) is 2.07. The smallest absolute Gasteiger partial charge is 0.227 e. The van der Waals surface area contributed by atoms with Crippen LogP contribution in [0, 0.1) is 5.92 Å². The molecule has 1 saturated carbocycles. The Morgan fingerprint density at radius 2 is 1.89 bits per heavy atom. The van der Waals surface area contributed by atoms with Gasteiger partial charge in [0.1, 0.15) is 5.82 Å². The molecule has 0 saturated heterocycles. The van der Waals surface area contributed by atoms with E-state index in [1.54, 1.807) is 0 Å². The second-order valence-electron chi connectivity index (χ2n) is 7.60. The van der Waals surface area contributed by atoms with E-state index in [9.17, 15) is 4.79 Å². The summed E-state index contributed by atoms with van der Waals surface area (Å²) in [4.78, 5) is 17.2. The van der Waals surface area contributed by atoms with Crippen molar-refractivity contribution in [2.75, 3.05) is 5.32 Å². The average molecular weight is 361 g/mol. The fraction of sp³-hybridized carbons (Fsp3) is 0.391. The van der Waals surface area contributed by atoms with E-state index in [-0.39, 0.29) is 11.8 Å². The van der Waals surface area contributed by atoms with Crippen LogP contribution in [0.3, 0.4) is 0 Å². The highest BCUT2D eigenvalue weighted by molar-refractivity contribution is 5.92. The van der Waals surface area contributed by atoms with Crippen LogP contribution >= 0.6 is 0 Å². The molecule has 0 spiro atoms. The van der Waals surface area contributed by atoms with Crippen LogP contribution in [0.2, 0.25) is 0 Å². The van der Waals surface area contributed by atoms with E-state index in [0.29, 0.717) is 0 Å². The van der Waals surface area contributed by atoms with E-state index in [2.05, 4.69) is 41.2 Å². The van der Waals surface area contributed by atoms with Crippen molar-refractivity contribution in [1.29, 1.82) is 0 Å². The summed E-state index contributed by atoms with van der Waals surface area (Å²) in [6, 6.07) is 16.5. The first-order chi connectivity index (χ1) is 13.2. The van der Waals surface area contributed by atoms with Gasteiger partial charge in [0.2, 0.25) is 5.91 Å². The lowest BCUT2D eigenvalue weighted by Gasteiger charge is -2.20. The number of hydrogen-bond acceptors (Lipinski definition) is 2. The summed E-state index contributed by atoms with van der Waals surface area (Å²) in [5.74, 6) is 1.46. The number of rotatable bonds is 5. The minimum absolute atomic E-state index is 0.183. The predicted octanol–water partition coefficient (Wildman–Crippen LogP) is 4.88. The maximum Gasteiger partial charge on any atom is 0.227 e. The van der Waals surface area contributed by atoms with Crippen LogP contribution in [0.1, 0.15) is 43.5 Å². The van der Waals surface area contributed by atoms with E-state index in [1.165, 1.54) is 30.3 Å². The van der Waals surface area contributed by atoms with Crippen molar-refractivity contribution in [1.82, 2.24) is 9.55 Å². The molecule has 1 fully saturated rings. The maximum atomic E-state index is 12.5. The Kier molecular flexibility index (Phi) is 5.23. The van der Waals surface area contributed by atoms with Crippen LogP contribution in [0.4, 0.5) is 5.69 Å². The highest BCUT2D eigenvalue weighted by Crippen LogP contribution is 2.25. The third-order valence-electron chi connectivity index (χ3n) is 5.69. The monoisotopic (exact) mass is 361 g/mol. The number of anilines is 1. The van der Waals surface area contributed by atoms with Crippen molar-refractivity contribution in [2.24, 2.45) is 13.0 Å². The van der Waals surface area contributed by atoms with E-state index < -0.39 is 0 Å². The van der Waals surface area contributed by atoms with Gasteiger partial charge in [-0.2, -0.15) is 0 Å². The highest BCUT2D eigenvalue weighted by Gasteiger charge is 2.21. The van der Waals surface area contributed by atoms with Gasteiger partial charge in [-0.1, -0.05) is 43.5 Å². The summed E-state index contributed by atoms with van der Waals surface area (Å²) >= 11 is 0. The first kappa shape index (κ1) is 17.8. The molecule has 0 radical (unpaired) electrons. The third-order valence-corrected chi connectivity index (χ3v) is 5.69. The molecule has 0 bridgehead atoms. The zero-order valence-corrected chi connectivity index (χ0v) is 15.9. The van der Waals surface area contributed by atoms with Crippen LogP contribution in [-0.2, 0) is 24.7 Å². The fourth-order valence-electron chi connectivity index (χ4n) is 4.09. The van der Waals surface area contributed by atoms with Gasteiger partial charge in [-0.05, 0) is 49.1 Å². The molecule has 0 unspecified atom stereocenters. The molecule has 1 aliphatic carbocycles. The molecule has 4 heteroatoms. The molecule has 3 aromatic rings.